The summed E-state index contributed by atoms with van der Waals surface area (Å²) in [4.78, 5) is 38.9. The third-order valence-corrected chi connectivity index (χ3v) is 5.38. The first-order valence-electron chi connectivity index (χ1n) is 9.01. The molecule has 1 heterocycles. The molecule has 0 bridgehead atoms. The van der Waals surface area contributed by atoms with E-state index in [1.165, 1.54) is 11.3 Å². The van der Waals surface area contributed by atoms with Crippen molar-refractivity contribution in [1.29, 1.82) is 0 Å². The molecule has 1 aromatic heterocycles. The Labute approximate surface area is 169 Å². The average molecular weight is 402 g/mol. The molecule has 0 spiro atoms. The van der Waals surface area contributed by atoms with Crippen molar-refractivity contribution in [2.75, 3.05) is 19.4 Å². The number of carbonyl (C=O) groups is 3. The van der Waals surface area contributed by atoms with E-state index in [-0.39, 0.29) is 17.7 Å². The number of carbonyl (C=O) groups excluding carboxylic acids is 3. The highest BCUT2D eigenvalue weighted by Gasteiger charge is 2.24. The lowest BCUT2D eigenvalue weighted by atomic mass is 9.96. The molecule has 0 aliphatic carbocycles. The molecule has 0 radical (unpaired) electrons. The van der Waals surface area contributed by atoms with Gasteiger partial charge in [-0.3, -0.25) is 14.4 Å². The monoisotopic (exact) mass is 401 g/mol. The number of hydrogen-bond donors (Lipinski definition) is 2. The van der Waals surface area contributed by atoms with Gasteiger partial charge >= 0.3 is 0 Å². The second kappa shape index (κ2) is 8.56. The van der Waals surface area contributed by atoms with E-state index in [1.807, 2.05) is 45.9 Å². The Balaban J connectivity index is 2.09. The summed E-state index contributed by atoms with van der Waals surface area (Å²) < 4.78 is 0. The zero-order chi connectivity index (χ0) is 21.1. The van der Waals surface area contributed by atoms with E-state index in [1.54, 1.807) is 31.1 Å². The fraction of sp³-hybridized carbons (Fsp3) is 0.381. The summed E-state index contributed by atoms with van der Waals surface area (Å²) in [5.41, 5.74) is 1.84. The Morgan fingerprint density at radius 1 is 1.11 bits per heavy atom. The molecule has 0 fully saturated rings. The van der Waals surface area contributed by atoms with Gasteiger partial charge in [0.2, 0.25) is 5.91 Å². The largest absolute Gasteiger partial charge is 0.355 e. The molecule has 3 amide bonds. The minimum absolute atomic E-state index is 0.0858. The van der Waals surface area contributed by atoms with E-state index >= 15 is 0 Å². The summed E-state index contributed by atoms with van der Waals surface area (Å²) >= 11 is 1.28. The fourth-order valence-electron chi connectivity index (χ4n) is 2.48. The van der Waals surface area contributed by atoms with Crippen molar-refractivity contribution < 1.29 is 14.4 Å². The molecule has 0 atom stereocenters. The van der Waals surface area contributed by atoms with Gasteiger partial charge in [-0.15, -0.1) is 11.3 Å². The Hall–Kier alpha value is -2.67. The Bertz CT molecular complexity index is 879. The van der Waals surface area contributed by atoms with Gasteiger partial charge in [0.15, 0.2) is 0 Å². The quantitative estimate of drug-likeness (QED) is 0.802. The van der Waals surface area contributed by atoms with Crippen LogP contribution in [0.25, 0.3) is 0 Å². The van der Waals surface area contributed by atoms with E-state index < -0.39 is 5.41 Å². The predicted octanol–water partition coefficient (Wildman–Crippen LogP) is 3.67. The molecule has 0 saturated carbocycles. The summed E-state index contributed by atoms with van der Waals surface area (Å²) in [5.74, 6) is -0.332. The number of benzene rings is 1. The van der Waals surface area contributed by atoms with Gasteiger partial charge in [0.25, 0.3) is 11.8 Å². The van der Waals surface area contributed by atoms with Crippen LogP contribution in [0.2, 0.25) is 0 Å². The molecule has 2 aromatic rings. The average Bonchev–Trinajstić information content (AvgIpc) is 3.00. The van der Waals surface area contributed by atoms with Crippen LogP contribution in [-0.4, -0.2) is 36.7 Å². The third kappa shape index (κ3) is 5.19. The van der Waals surface area contributed by atoms with Crippen LogP contribution in [0.4, 0.5) is 5.00 Å². The molecule has 150 valence electrons. The molecular formula is C21H27N3O3S. The molecule has 7 heteroatoms. The standard InChI is InChI=1S/C21H27N3O3S/c1-13-11-16(23-20(27)21(2,3)4)28-17(13)19(26)24(6)12-14-7-9-15(10-8-14)18(25)22-5/h7-11H,12H2,1-6H3,(H,22,25)(H,23,27). The lowest BCUT2D eigenvalue weighted by molar-refractivity contribution is -0.123. The van der Waals surface area contributed by atoms with Crippen molar-refractivity contribution in [3.05, 3.63) is 51.9 Å². The number of hydrogen-bond acceptors (Lipinski definition) is 4. The van der Waals surface area contributed by atoms with Gasteiger partial charge in [-0.2, -0.15) is 0 Å². The van der Waals surface area contributed by atoms with Crippen LogP contribution >= 0.6 is 11.3 Å². The maximum atomic E-state index is 12.8. The van der Waals surface area contributed by atoms with Crippen molar-refractivity contribution >= 4 is 34.1 Å². The highest BCUT2D eigenvalue weighted by molar-refractivity contribution is 7.18. The van der Waals surface area contributed by atoms with Crippen LogP contribution < -0.4 is 10.6 Å². The number of aryl methyl sites for hydroxylation is 1. The summed E-state index contributed by atoms with van der Waals surface area (Å²) in [5, 5.41) is 6.13. The molecule has 0 unspecified atom stereocenters. The molecule has 0 aliphatic rings. The summed E-state index contributed by atoms with van der Waals surface area (Å²) in [6, 6.07) is 8.98. The van der Waals surface area contributed by atoms with Gasteiger partial charge in [0, 0.05) is 31.6 Å². The number of nitrogens with zero attached hydrogens (tertiary/aromatic N) is 1. The van der Waals surface area contributed by atoms with Crippen LogP contribution in [0, 0.1) is 12.3 Å². The first kappa shape index (κ1) is 21.6. The highest BCUT2D eigenvalue weighted by atomic mass is 32.1. The highest BCUT2D eigenvalue weighted by Crippen LogP contribution is 2.29. The number of nitrogens with one attached hydrogen (secondary N) is 2. The molecular weight excluding hydrogens is 374 g/mol. The van der Waals surface area contributed by atoms with Crippen molar-refractivity contribution in [2.24, 2.45) is 5.41 Å². The Morgan fingerprint density at radius 3 is 2.25 bits per heavy atom. The molecule has 0 aliphatic heterocycles. The third-order valence-electron chi connectivity index (χ3n) is 4.24. The van der Waals surface area contributed by atoms with Crippen LogP contribution in [0.5, 0.6) is 0 Å². The number of thiophene rings is 1. The number of anilines is 1. The molecule has 28 heavy (non-hydrogen) atoms. The topological polar surface area (TPSA) is 78.5 Å². The Morgan fingerprint density at radius 2 is 1.71 bits per heavy atom. The zero-order valence-corrected chi connectivity index (χ0v) is 18.0. The fourth-order valence-corrected chi connectivity index (χ4v) is 3.54. The minimum atomic E-state index is -0.500. The number of amides is 3. The van der Waals surface area contributed by atoms with Crippen molar-refractivity contribution in [1.82, 2.24) is 10.2 Å². The van der Waals surface area contributed by atoms with Crippen LogP contribution in [0.1, 0.15) is 51.9 Å². The van der Waals surface area contributed by atoms with Gasteiger partial charge < -0.3 is 15.5 Å². The normalized spacial score (nSPS) is 11.1. The van der Waals surface area contributed by atoms with E-state index in [0.29, 0.717) is 22.0 Å². The molecule has 1 aromatic carbocycles. The number of rotatable bonds is 5. The lowest BCUT2D eigenvalue weighted by Gasteiger charge is -2.17. The molecule has 2 rings (SSSR count). The SMILES string of the molecule is CNC(=O)c1ccc(CN(C)C(=O)c2sc(NC(=O)C(C)(C)C)cc2C)cc1. The second-order valence-electron chi connectivity index (χ2n) is 7.76. The second-order valence-corrected chi connectivity index (χ2v) is 8.82. The zero-order valence-electron chi connectivity index (χ0n) is 17.2. The van der Waals surface area contributed by atoms with Gasteiger partial charge in [-0.25, -0.2) is 0 Å². The molecule has 0 saturated heterocycles. The van der Waals surface area contributed by atoms with Crippen LogP contribution in [0.15, 0.2) is 30.3 Å². The molecule has 2 N–H and O–H groups in total. The summed E-state index contributed by atoms with van der Waals surface area (Å²) in [6.07, 6.45) is 0. The lowest BCUT2D eigenvalue weighted by Crippen LogP contribution is -2.27. The van der Waals surface area contributed by atoms with Crippen molar-refractivity contribution in [3.8, 4) is 0 Å². The van der Waals surface area contributed by atoms with Crippen molar-refractivity contribution in [2.45, 2.75) is 34.2 Å². The maximum Gasteiger partial charge on any atom is 0.264 e. The van der Waals surface area contributed by atoms with E-state index in [4.69, 9.17) is 0 Å². The smallest absolute Gasteiger partial charge is 0.264 e. The van der Waals surface area contributed by atoms with Crippen LogP contribution in [0.3, 0.4) is 0 Å². The molecule has 6 nitrogen and oxygen atoms in total. The van der Waals surface area contributed by atoms with Gasteiger partial charge in [0.05, 0.1) is 9.88 Å². The minimum Gasteiger partial charge on any atom is -0.355 e. The van der Waals surface area contributed by atoms with Gasteiger partial charge in [-0.1, -0.05) is 32.9 Å². The van der Waals surface area contributed by atoms with Gasteiger partial charge in [-0.05, 0) is 36.2 Å². The summed E-state index contributed by atoms with van der Waals surface area (Å²) in [7, 11) is 3.33. The first-order chi connectivity index (χ1) is 13.0. The maximum absolute atomic E-state index is 12.8. The Kier molecular flexibility index (Phi) is 6.61. The van der Waals surface area contributed by atoms with E-state index in [9.17, 15) is 14.4 Å². The summed E-state index contributed by atoms with van der Waals surface area (Å²) in [6.45, 7) is 7.82. The van der Waals surface area contributed by atoms with E-state index in [2.05, 4.69) is 10.6 Å². The van der Waals surface area contributed by atoms with Crippen molar-refractivity contribution in [3.63, 3.8) is 0 Å². The van der Waals surface area contributed by atoms with Crippen LogP contribution in [-0.2, 0) is 11.3 Å². The predicted molar refractivity (Wildman–Crippen MR) is 113 cm³/mol. The first-order valence-corrected chi connectivity index (χ1v) is 9.83. The van der Waals surface area contributed by atoms with Gasteiger partial charge in [0.1, 0.15) is 0 Å². The van der Waals surface area contributed by atoms with E-state index in [0.717, 1.165) is 11.1 Å².